The highest BCUT2D eigenvalue weighted by Crippen LogP contribution is 2.15. The van der Waals surface area contributed by atoms with Crippen molar-refractivity contribution in [2.24, 2.45) is 0 Å². The molecule has 0 radical (unpaired) electrons. The van der Waals surface area contributed by atoms with E-state index in [9.17, 15) is 9.59 Å². The predicted molar refractivity (Wildman–Crippen MR) is 83.3 cm³/mol. The van der Waals surface area contributed by atoms with Crippen molar-refractivity contribution in [3.63, 3.8) is 0 Å². The Balaban J connectivity index is 2.42. The van der Waals surface area contributed by atoms with E-state index in [1.54, 1.807) is 4.57 Å². The molecule has 21 heavy (non-hydrogen) atoms. The maximum absolute atomic E-state index is 12.7. The molecule has 0 atom stereocenters. The number of aryl methyl sites for hydroxylation is 2. The molecule has 1 N–H and O–H groups in total. The summed E-state index contributed by atoms with van der Waals surface area (Å²) in [4.78, 5) is 24.7. The number of fused-ring (bicyclic) bond motifs is 1. The highest BCUT2D eigenvalue weighted by molar-refractivity contribution is 5.80. The number of hydrogen-bond donors (Lipinski definition) is 1. The molecule has 3 rings (SSSR count). The summed E-state index contributed by atoms with van der Waals surface area (Å²) in [7, 11) is 0. The predicted octanol–water partition coefficient (Wildman–Crippen LogP) is 2.12. The second-order valence-electron chi connectivity index (χ2n) is 5.14. The number of para-hydroxylation sites is 1. The molecule has 0 saturated carbocycles. The van der Waals surface area contributed by atoms with Gasteiger partial charge in [-0.15, -0.1) is 0 Å². The smallest absolute Gasteiger partial charge is 0.280 e. The molecule has 0 amide bonds. The van der Waals surface area contributed by atoms with Crippen LogP contribution in [0.25, 0.3) is 16.6 Å². The van der Waals surface area contributed by atoms with Crippen LogP contribution < -0.4 is 11.1 Å². The maximum Gasteiger partial charge on any atom is 0.280 e. The molecule has 0 spiro atoms. The number of rotatable bonds is 2. The summed E-state index contributed by atoms with van der Waals surface area (Å²) in [6.07, 6.45) is 0. The fourth-order valence-electron chi connectivity index (χ4n) is 2.79. The summed E-state index contributed by atoms with van der Waals surface area (Å²) < 4.78 is 3.12. The van der Waals surface area contributed by atoms with E-state index in [1.807, 2.05) is 45.0 Å². The Morgan fingerprint density at radius 2 is 1.86 bits per heavy atom. The van der Waals surface area contributed by atoms with Gasteiger partial charge in [-0.25, -0.2) is 4.68 Å². The third-order valence-electron chi connectivity index (χ3n) is 3.89. The van der Waals surface area contributed by atoms with Crippen LogP contribution in [0.15, 0.2) is 39.9 Å². The fraction of sp³-hybridized carbons (Fsp3) is 0.250. The van der Waals surface area contributed by atoms with Gasteiger partial charge in [0.1, 0.15) is 0 Å². The Labute approximate surface area is 121 Å². The number of H-pyrrole nitrogens is 1. The minimum Gasteiger partial charge on any atom is -0.312 e. The van der Waals surface area contributed by atoms with E-state index in [4.69, 9.17) is 0 Å². The lowest BCUT2D eigenvalue weighted by Crippen LogP contribution is -2.22. The number of nitrogens with zero attached hydrogens (tertiary/aromatic N) is 2. The lowest BCUT2D eigenvalue weighted by Gasteiger charge is -2.05. The summed E-state index contributed by atoms with van der Waals surface area (Å²) >= 11 is 0. The quantitative estimate of drug-likeness (QED) is 0.783. The number of pyridine rings is 1. The van der Waals surface area contributed by atoms with Crippen LogP contribution in [-0.4, -0.2) is 14.3 Å². The SMILES string of the molecule is CCn1c(C)c2c(=O)n(-c3ccccc3C)[nH]c2cc1=O. The Morgan fingerprint density at radius 3 is 2.52 bits per heavy atom. The number of hydrogen-bond acceptors (Lipinski definition) is 2. The molecule has 2 heterocycles. The van der Waals surface area contributed by atoms with Gasteiger partial charge in [0.25, 0.3) is 11.1 Å². The third kappa shape index (κ3) is 1.93. The van der Waals surface area contributed by atoms with E-state index < -0.39 is 0 Å². The summed E-state index contributed by atoms with van der Waals surface area (Å²) in [5, 5.41) is 3.61. The molecule has 0 aliphatic heterocycles. The van der Waals surface area contributed by atoms with Crippen molar-refractivity contribution in [1.82, 2.24) is 14.3 Å². The molecule has 1 aromatic carbocycles. The van der Waals surface area contributed by atoms with E-state index in [2.05, 4.69) is 5.10 Å². The summed E-state index contributed by atoms with van der Waals surface area (Å²) in [5.41, 5.74) is 2.85. The topological polar surface area (TPSA) is 59.8 Å². The molecule has 0 fully saturated rings. The zero-order valence-corrected chi connectivity index (χ0v) is 12.3. The molecule has 0 aliphatic carbocycles. The first-order chi connectivity index (χ1) is 10.0. The normalized spacial score (nSPS) is 11.2. The van der Waals surface area contributed by atoms with Crippen molar-refractivity contribution in [3.8, 4) is 5.69 Å². The van der Waals surface area contributed by atoms with Gasteiger partial charge in [-0.3, -0.25) is 14.7 Å². The fourth-order valence-corrected chi connectivity index (χ4v) is 2.79. The molecule has 108 valence electrons. The van der Waals surface area contributed by atoms with E-state index in [1.165, 1.54) is 10.7 Å². The number of aromatic amines is 1. The average Bonchev–Trinajstić information content (AvgIpc) is 2.76. The monoisotopic (exact) mass is 283 g/mol. The van der Waals surface area contributed by atoms with Crippen LogP contribution in [-0.2, 0) is 6.54 Å². The van der Waals surface area contributed by atoms with Crippen molar-refractivity contribution < 1.29 is 0 Å². The van der Waals surface area contributed by atoms with Crippen LogP contribution >= 0.6 is 0 Å². The summed E-state index contributed by atoms with van der Waals surface area (Å²) in [6.45, 7) is 6.21. The maximum atomic E-state index is 12.7. The van der Waals surface area contributed by atoms with Crippen LogP contribution in [0.2, 0.25) is 0 Å². The van der Waals surface area contributed by atoms with Gasteiger partial charge in [-0.1, -0.05) is 18.2 Å². The van der Waals surface area contributed by atoms with E-state index >= 15 is 0 Å². The molecule has 5 heteroatoms. The van der Waals surface area contributed by atoms with Crippen molar-refractivity contribution in [3.05, 3.63) is 62.3 Å². The highest BCUT2D eigenvalue weighted by atomic mass is 16.1. The van der Waals surface area contributed by atoms with Crippen LogP contribution in [0.1, 0.15) is 18.2 Å². The van der Waals surface area contributed by atoms with E-state index in [0.29, 0.717) is 23.1 Å². The van der Waals surface area contributed by atoms with Gasteiger partial charge in [0, 0.05) is 18.3 Å². The zero-order valence-electron chi connectivity index (χ0n) is 12.3. The number of aromatic nitrogens is 3. The second kappa shape index (κ2) is 4.77. The molecular formula is C16H17N3O2. The first-order valence-corrected chi connectivity index (χ1v) is 6.95. The molecule has 2 aromatic heterocycles. The Bertz CT molecular complexity index is 944. The molecule has 3 aromatic rings. The first-order valence-electron chi connectivity index (χ1n) is 6.95. The van der Waals surface area contributed by atoms with Gasteiger partial charge in [0.2, 0.25) is 0 Å². The minimum absolute atomic E-state index is 0.0966. The Kier molecular flexibility index (Phi) is 3.05. The van der Waals surface area contributed by atoms with Gasteiger partial charge < -0.3 is 4.57 Å². The second-order valence-corrected chi connectivity index (χ2v) is 5.14. The Morgan fingerprint density at radius 1 is 1.14 bits per heavy atom. The Hall–Kier alpha value is -2.56. The zero-order chi connectivity index (χ0) is 15.1. The minimum atomic E-state index is -0.126. The molecule has 0 saturated heterocycles. The largest absolute Gasteiger partial charge is 0.312 e. The highest BCUT2D eigenvalue weighted by Gasteiger charge is 2.15. The van der Waals surface area contributed by atoms with Crippen LogP contribution in [0.5, 0.6) is 0 Å². The van der Waals surface area contributed by atoms with Gasteiger partial charge in [0.15, 0.2) is 0 Å². The van der Waals surface area contributed by atoms with Crippen molar-refractivity contribution in [2.45, 2.75) is 27.3 Å². The first kappa shape index (κ1) is 13.4. The number of benzene rings is 1. The van der Waals surface area contributed by atoms with E-state index in [0.717, 1.165) is 11.3 Å². The van der Waals surface area contributed by atoms with Crippen LogP contribution in [0.3, 0.4) is 0 Å². The molecule has 0 bridgehead atoms. The van der Waals surface area contributed by atoms with Gasteiger partial charge in [0.05, 0.1) is 16.6 Å². The van der Waals surface area contributed by atoms with Crippen molar-refractivity contribution in [2.75, 3.05) is 0 Å². The van der Waals surface area contributed by atoms with Crippen molar-refractivity contribution in [1.29, 1.82) is 0 Å². The third-order valence-corrected chi connectivity index (χ3v) is 3.89. The van der Waals surface area contributed by atoms with Gasteiger partial charge in [-0.05, 0) is 32.4 Å². The van der Waals surface area contributed by atoms with Crippen molar-refractivity contribution >= 4 is 10.9 Å². The van der Waals surface area contributed by atoms with E-state index in [-0.39, 0.29) is 11.1 Å². The van der Waals surface area contributed by atoms with Gasteiger partial charge >= 0.3 is 0 Å². The molecule has 0 aliphatic rings. The molecular weight excluding hydrogens is 266 g/mol. The standard InChI is InChI=1S/C16H17N3O2/c1-4-18-11(3)15-12(9-14(18)20)17-19(16(15)21)13-8-6-5-7-10(13)2/h5-9,17H,4H2,1-3H3. The summed E-state index contributed by atoms with van der Waals surface area (Å²) in [5.74, 6) is 0. The number of nitrogens with one attached hydrogen (secondary N) is 1. The van der Waals surface area contributed by atoms with Crippen LogP contribution in [0.4, 0.5) is 0 Å². The van der Waals surface area contributed by atoms with Crippen LogP contribution in [0, 0.1) is 13.8 Å². The molecule has 5 nitrogen and oxygen atoms in total. The average molecular weight is 283 g/mol. The lowest BCUT2D eigenvalue weighted by atomic mass is 10.2. The molecule has 0 unspecified atom stereocenters. The lowest BCUT2D eigenvalue weighted by molar-refractivity contribution is 0.708. The van der Waals surface area contributed by atoms with Gasteiger partial charge in [-0.2, -0.15) is 0 Å². The summed E-state index contributed by atoms with van der Waals surface area (Å²) in [6, 6.07) is 9.14.